The largest absolute Gasteiger partial charge is 0.493 e. The monoisotopic (exact) mass is 542 g/mol. The number of para-hydroxylation sites is 1. The Kier molecular flexibility index (Phi) is 7.04. The van der Waals surface area contributed by atoms with Crippen molar-refractivity contribution in [2.24, 2.45) is 4.99 Å². The highest BCUT2D eigenvalue weighted by molar-refractivity contribution is 9.10. The number of allylic oxidation sites excluding steroid dienone is 1. The van der Waals surface area contributed by atoms with Gasteiger partial charge in [-0.3, -0.25) is 9.36 Å². The van der Waals surface area contributed by atoms with Crippen LogP contribution in [0.3, 0.4) is 0 Å². The van der Waals surface area contributed by atoms with Crippen LogP contribution in [0.2, 0.25) is 0 Å². The molecule has 0 unspecified atom stereocenters. The van der Waals surface area contributed by atoms with Crippen LogP contribution in [0.4, 0.5) is 0 Å². The molecule has 0 bridgehead atoms. The number of ether oxygens (including phenoxy) is 3. The number of halogens is 1. The molecular formula is C25H23BrN2O5S. The van der Waals surface area contributed by atoms with Crippen molar-refractivity contribution in [2.75, 3.05) is 20.8 Å². The van der Waals surface area contributed by atoms with Crippen LogP contribution in [0.15, 0.2) is 68.0 Å². The third kappa shape index (κ3) is 4.33. The number of carbonyl (C=O) groups is 1. The molecule has 1 aromatic heterocycles. The minimum Gasteiger partial charge on any atom is -0.493 e. The Morgan fingerprint density at radius 1 is 1.21 bits per heavy atom. The van der Waals surface area contributed by atoms with Crippen LogP contribution < -0.4 is 24.4 Å². The lowest BCUT2D eigenvalue weighted by atomic mass is 9.96. The van der Waals surface area contributed by atoms with E-state index in [4.69, 9.17) is 14.2 Å². The Labute approximate surface area is 208 Å². The van der Waals surface area contributed by atoms with Crippen LogP contribution in [-0.2, 0) is 9.53 Å². The summed E-state index contributed by atoms with van der Waals surface area (Å²) in [5.74, 6) is 0.608. The highest BCUT2D eigenvalue weighted by Gasteiger charge is 2.33. The number of thiazole rings is 1. The second-order valence-electron chi connectivity index (χ2n) is 7.44. The van der Waals surface area contributed by atoms with Crippen LogP contribution in [0.25, 0.3) is 6.08 Å². The predicted molar refractivity (Wildman–Crippen MR) is 134 cm³/mol. The van der Waals surface area contributed by atoms with Crippen molar-refractivity contribution in [3.05, 3.63) is 89.0 Å². The van der Waals surface area contributed by atoms with E-state index < -0.39 is 12.0 Å². The molecule has 0 radical (unpaired) electrons. The van der Waals surface area contributed by atoms with E-state index in [0.717, 1.165) is 10.0 Å². The lowest BCUT2D eigenvalue weighted by molar-refractivity contribution is -0.139. The summed E-state index contributed by atoms with van der Waals surface area (Å²) in [6.07, 6.45) is 1.76. The lowest BCUT2D eigenvalue weighted by Crippen LogP contribution is -2.39. The zero-order valence-corrected chi connectivity index (χ0v) is 21.5. The van der Waals surface area contributed by atoms with Gasteiger partial charge in [0.1, 0.15) is 0 Å². The SMILES string of the molecule is CCOC(=O)C1=C(C)N=c2s/c(=C\c3cccc(OC)c3OC)c(=O)n2[C@H]1c1cccc(Br)c1. The van der Waals surface area contributed by atoms with Gasteiger partial charge in [0.25, 0.3) is 5.56 Å². The number of esters is 1. The summed E-state index contributed by atoms with van der Waals surface area (Å²) in [7, 11) is 3.12. The molecule has 9 heteroatoms. The maximum absolute atomic E-state index is 13.7. The molecule has 4 rings (SSSR count). The van der Waals surface area contributed by atoms with E-state index in [1.807, 2.05) is 36.4 Å². The summed E-state index contributed by atoms with van der Waals surface area (Å²) in [6, 6.07) is 12.3. The van der Waals surface area contributed by atoms with Crippen LogP contribution in [0.5, 0.6) is 11.5 Å². The van der Waals surface area contributed by atoms with Crippen molar-refractivity contribution >= 4 is 39.3 Å². The van der Waals surface area contributed by atoms with Gasteiger partial charge < -0.3 is 14.2 Å². The van der Waals surface area contributed by atoms with Crippen LogP contribution in [0.1, 0.15) is 31.0 Å². The number of nitrogens with zero attached hydrogens (tertiary/aromatic N) is 2. The normalized spacial score (nSPS) is 15.6. The minimum absolute atomic E-state index is 0.223. The molecule has 7 nitrogen and oxygen atoms in total. The molecule has 1 aliphatic heterocycles. The zero-order chi connectivity index (χ0) is 24.4. The molecule has 176 valence electrons. The summed E-state index contributed by atoms with van der Waals surface area (Å²) >= 11 is 4.75. The minimum atomic E-state index is -0.665. The van der Waals surface area contributed by atoms with Gasteiger partial charge in [-0.25, -0.2) is 9.79 Å². The number of benzene rings is 2. The average Bonchev–Trinajstić information content (AvgIpc) is 3.12. The molecule has 2 aromatic carbocycles. The molecule has 3 aromatic rings. The molecule has 0 amide bonds. The number of fused-ring (bicyclic) bond motifs is 1. The second-order valence-corrected chi connectivity index (χ2v) is 9.36. The summed E-state index contributed by atoms with van der Waals surface area (Å²) in [5.41, 5.74) is 2.09. The molecule has 0 saturated carbocycles. The van der Waals surface area contributed by atoms with Crippen molar-refractivity contribution < 1.29 is 19.0 Å². The van der Waals surface area contributed by atoms with E-state index in [2.05, 4.69) is 20.9 Å². The summed E-state index contributed by atoms with van der Waals surface area (Å²) in [6.45, 7) is 3.74. The molecule has 1 aliphatic rings. The van der Waals surface area contributed by atoms with Gasteiger partial charge in [-0.1, -0.05) is 51.5 Å². The van der Waals surface area contributed by atoms with Gasteiger partial charge in [0, 0.05) is 10.0 Å². The van der Waals surface area contributed by atoms with E-state index in [-0.39, 0.29) is 12.2 Å². The topological polar surface area (TPSA) is 79.1 Å². The first-order valence-electron chi connectivity index (χ1n) is 10.6. The van der Waals surface area contributed by atoms with Crippen molar-refractivity contribution in [1.29, 1.82) is 0 Å². The van der Waals surface area contributed by atoms with Crippen LogP contribution in [0, 0.1) is 0 Å². The molecule has 1 atom stereocenters. The third-order valence-electron chi connectivity index (χ3n) is 5.40. The van der Waals surface area contributed by atoms with Crippen molar-refractivity contribution in [1.82, 2.24) is 4.57 Å². The molecular weight excluding hydrogens is 520 g/mol. The number of carbonyl (C=O) groups excluding carboxylic acids is 1. The molecule has 0 aliphatic carbocycles. The van der Waals surface area contributed by atoms with Crippen LogP contribution in [-0.4, -0.2) is 31.4 Å². The number of aromatic nitrogens is 1. The van der Waals surface area contributed by atoms with Gasteiger partial charge in [0.15, 0.2) is 16.3 Å². The fourth-order valence-electron chi connectivity index (χ4n) is 3.95. The summed E-state index contributed by atoms with van der Waals surface area (Å²) in [5, 5.41) is 0. The maximum atomic E-state index is 13.7. The number of rotatable bonds is 6. The molecule has 2 heterocycles. The van der Waals surface area contributed by atoms with E-state index in [1.54, 1.807) is 44.8 Å². The molecule has 34 heavy (non-hydrogen) atoms. The van der Waals surface area contributed by atoms with E-state index in [9.17, 15) is 9.59 Å². The predicted octanol–water partition coefficient (Wildman–Crippen LogP) is 3.58. The van der Waals surface area contributed by atoms with Crippen molar-refractivity contribution in [2.45, 2.75) is 19.9 Å². The number of methoxy groups -OCH3 is 2. The Hall–Kier alpha value is -3.17. The van der Waals surface area contributed by atoms with Gasteiger partial charge in [-0.2, -0.15) is 0 Å². The highest BCUT2D eigenvalue weighted by Crippen LogP contribution is 2.33. The standard InChI is InChI=1S/C25H23BrN2O5S/c1-5-33-24(30)20-14(2)27-25-28(21(20)15-8-6-10-17(26)12-15)23(29)19(34-25)13-16-9-7-11-18(31-3)22(16)32-4/h6-13,21H,5H2,1-4H3/b19-13-/t21-/m0/s1. The van der Waals surface area contributed by atoms with Crippen molar-refractivity contribution in [3.8, 4) is 11.5 Å². The van der Waals surface area contributed by atoms with Gasteiger partial charge in [-0.05, 0) is 43.7 Å². The van der Waals surface area contributed by atoms with E-state index >= 15 is 0 Å². The van der Waals surface area contributed by atoms with Gasteiger partial charge in [-0.15, -0.1) is 0 Å². The lowest BCUT2D eigenvalue weighted by Gasteiger charge is -2.24. The third-order valence-corrected chi connectivity index (χ3v) is 6.88. The second kappa shape index (κ2) is 9.99. The first-order chi connectivity index (χ1) is 16.4. The first-order valence-corrected chi connectivity index (χ1v) is 12.2. The number of hydrogen-bond acceptors (Lipinski definition) is 7. The Morgan fingerprint density at radius 3 is 2.65 bits per heavy atom. The molecule has 0 N–H and O–H groups in total. The molecule has 0 spiro atoms. The van der Waals surface area contributed by atoms with Crippen molar-refractivity contribution in [3.63, 3.8) is 0 Å². The fraction of sp³-hybridized carbons (Fsp3) is 0.240. The quantitative estimate of drug-likeness (QED) is 0.445. The van der Waals surface area contributed by atoms with Gasteiger partial charge >= 0.3 is 5.97 Å². The highest BCUT2D eigenvalue weighted by atomic mass is 79.9. The van der Waals surface area contributed by atoms with E-state index in [0.29, 0.717) is 37.7 Å². The Morgan fingerprint density at radius 2 is 1.97 bits per heavy atom. The van der Waals surface area contributed by atoms with Crippen LogP contribution >= 0.6 is 27.3 Å². The molecule has 0 saturated heterocycles. The zero-order valence-electron chi connectivity index (χ0n) is 19.1. The van der Waals surface area contributed by atoms with Gasteiger partial charge in [0.05, 0.1) is 42.7 Å². The Balaban J connectivity index is 1.98. The summed E-state index contributed by atoms with van der Waals surface area (Å²) in [4.78, 5) is 31.8. The van der Waals surface area contributed by atoms with E-state index in [1.165, 1.54) is 11.3 Å². The average molecular weight is 543 g/mol. The smallest absolute Gasteiger partial charge is 0.338 e. The molecule has 0 fully saturated rings. The fourth-order valence-corrected chi connectivity index (χ4v) is 5.40. The van der Waals surface area contributed by atoms with Gasteiger partial charge in [0.2, 0.25) is 0 Å². The Bertz CT molecular complexity index is 1470. The maximum Gasteiger partial charge on any atom is 0.338 e. The number of hydrogen-bond donors (Lipinski definition) is 0. The first kappa shape index (κ1) is 24.0. The summed E-state index contributed by atoms with van der Waals surface area (Å²) < 4.78 is 19.1.